The van der Waals surface area contributed by atoms with Gasteiger partial charge in [0.15, 0.2) is 11.5 Å². The SMILES string of the molecule is O=C(Cc1ccc2c(c1)OCO2)N[C@@H]1C2CN3CCN(C2)CC1(c1ccccc1)C3. The van der Waals surface area contributed by atoms with Crippen molar-refractivity contribution in [2.45, 2.75) is 17.9 Å². The molecule has 6 heteroatoms. The number of amides is 1. The molecule has 7 rings (SSSR count). The first-order chi connectivity index (χ1) is 14.7. The zero-order valence-electron chi connectivity index (χ0n) is 17.0. The molecule has 5 heterocycles. The fraction of sp³-hybridized carbons (Fsp3) is 0.458. The second kappa shape index (κ2) is 7.00. The van der Waals surface area contributed by atoms with Crippen LogP contribution in [0.1, 0.15) is 11.1 Å². The van der Waals surface area contributed by atoms with Gasteiger partial charge in [0.25, 0.3) is 0 Å². The minimum atomic E-state index is -0.0521. The molecule has 0 aliphatic carbocycles. The molecule has 5 aliphatic rings. The summed E-state index contributed by atoms with van der Waals surface area (Å²) in [5.74, 6) is 2.02. The second-order valence-electron chi connectivity index (χ2n) is 9.16. The standard InChI is InChI=1S/C24H27N3O3/c28-22(11-17-6-7-20-21(10-17)30-16-29-20)25-23-18-12-26-8-9-27(13-18)15-24(23,14-26)19-4-2-1-3-5-19/h1-7,10,18,23H,8-9,11-16H2,(H,25,28)/t18?,23-,24?/m1/s1. The van der Waals surface area contributed by atoms with E-state index in [1.54, 1.807) is 0 Å². The molecule has 6 nitrogen and oxygen atoms in total. The summed E-state index contributed by atoms with van der Waals surface area (Å²) in [7, 11) is 0. The van der Waals surface area contributed by atoms with E-state index >= 15 is 0 Å². The topological polar surface area (TPSA) is 54.0 Å². The number of benzene rings is 2. The van der Waals surface area contributed by atoms with Crippen molar-refractivity contribution in [1.29, 1.82) is 0 Å². The molecule has 3 atom stereocenters. The molecule has 1 N–H and O–H groups in total. The molecule has 2 unspecified atom stereocenters. The number of hydrogen-bond donors (Lipinski definition) is 1. The monoisotopic (exact) mass is 405 g/mol. The van der Waals surface area contributed by atoms with Crippen LogP contribution in [0, 0.1) is 5.92 Å². The molecule has 156 valence electrons. The molecule has 0 aromatic heterocycles. The molecule has 4 saturated heterocycles. The zero-order chi connectivity index (χ0) is 20.1. The van der Waals surface area contributed by atoms with Gasteiger partial charge >= 0.3 is 0 Å². The van der Waals surface area contributed by atoms with Crippen molar-refractivity contribution in [3.05, 3.63) is 59.7 Å². The van der Waals surface area contributed by atoms with E-state index in [2.05, 4.69) is 45.4 Å². The number of hydrogen-bond acceptors (Lipinski definition) is 5. The highest BCUT2D eigenvalue weighted by Gasteiger charge is 2.55. The zero-order valence-corrected chi connectivity index (χ0v) is 17.0. The van der Waals surface area contributed by atoms with Crippen molar-refractivity contribution < 1.29 is 14.3 Å². The minimum absolute atomic E-state index is 0.0521. The predicted octanol–water partition coefficient (Wildman–Crippen LogP) is 1.64. The van der Waals surface area contributed by atoms with E-state index in [-0.39, 0.29) is 24.2 Å². The Hall–Kier alpha value is -2.57. The first-order valence-corrected chi connectivity index (χ1v) is 10.9. The van der Waals surface area contributed by atoms with Crippen molar-refractivity contribution in [2.24, 2.45) is 5.92 Å². The lowest BCUT2D eigenvalue weighted by Crippen LogP contribution is -2.70. The van der Waals surface area contributed by atoms with Gasteiger partial charge in [0, 0.05) is 56.6 Å². The van der Waals surface area contributed by atoms with Crippen LogP contribution in [-0.2, 0) is 16.6 Å². The Morgan fingerprint density at radius 2 is 1.73 bits per heavy atom. The van der Waals surface area contributed by atoms with Crippen molar-refractivity contribution >= 4 is 5.91 Å². The Kier molecular flexibility index (Phi) is 4.25. The van der Waals surface area contributed by atoms with E-state index < -0.39 is 0 Å². The highest BCUT2D eigenvalue weighted by Crippen LogP contribution is 2.43. The molecule has 1 amide bonds. The van der Waals surface area contributed by atoms with E-state index in [4.69, 9.17) is 9.47 Å². The lowest BCUT2D eigenvalue weighted by molar-refractivity contribution is -0.123. The van der Waals surface area contributed by atoms with Crippen molar-refractivity contribution in [2.75, 3.05) is 46.1 Å². The predicted molar refractivity (Wildman–Crippen MR) is 113 cm³/mol. The summed E-state index contributed by atoms with van der Waals surface area (Å²) in [6.45, 7) is 6.67. The van der Waals surface area contributed by atoms with Crippen LogP contribution in [-0.4, -0.2) is 67.8 Å². The molecule has 0 radical (unpaired) electrons. The summed E-state index contributed by atoms with van der Waals surface area (Å²) >= 11 is 0. The van der Waals surface area contributed by atoms with Gasteiger partial charge in [-0.15, -0.1) is 0 Å². The molecule has 5 aliphatic heterocycles. The number of nitrogens with one attached hydrogen (secondary N) is 1. The summed E-state index contributed by atoms with van der Waals surface area (Å²) in [5, 5.41) is 3.48. The average Bonchev–Trinajstić information content (AvgIpc) is 3.07. The Morgan fingerprint density at radius 1 is 1.00 bits per heavy atom. The van der Waals surface area contributed by atoms with E-state index in [9.17, 15) is 4.79 Å². The first kappa shape index (κ1) is 18.2. The van der Waals surface area contributed by atoms with Gasteiger partial charge in [-0.25, -0.2) is 0 Å². The van der Waals surface area contributed by atoms with Crippen molar-refractivity contribution in [3.8, 4) is 11.5 Å². The van der Waals surface area contributed by atoms with Crippen LogP contribution in [0.5, 0.6) is 11.5 Å². The molecule has 4 bridgehead atoms. The molecule has 2 aromatic carbocycles. The summed E-state index contributed by atoms with van der Waals surface area (Å²) in [4.78, 5) is 18.4. The quantitative estimate of drug-likeness (QED) is 0.838. The molecular weight excluding hydrogens is 378 g/mol. The molecule has 4 fully saturated rings. The fourth-order valence-electron chi connectivity index (χ4n) is 6.03. The molecule has 0 spiro atoms. The van der Waals surface area contributed by atoms with Crippen LogP contribution < -0.4 is 14.8 Å². The van der Waals surface area contributed by atoms with Gasteiger partial charge in [0.2, 0.25) is 12.7 Å². The van der Waals surface area contributed by atoms with Crippen LogP contribution in [0.2, 0.25) is 0 Å². The van der Waals surface area contributed by atoms with Gasteiger partial charge in [-0.2, -0.15) is 0 Å². The van der Waals surface area contributed by atoms with Crippen LogP contribution in [0.4, 0.5) is 0 Å². The number of nitrogens with zero attached hydrogens (tertiary/aromatic N) is 2. The van der Waals surface area contributed by atoms with Gasteiger partial charge in [0.1, 0.15) is 0 Å². The summed E-state index contributed by atoms with van der Waals surface area (Å²) in [6.07, 6.45) is 0.359. The van der Waals surface area contributed by atoms with Gasteiger partial charge in [-0.3, -0.25) is 4.79 Å². The van der Waals surface area contributed by atoms with Gasteiger partial charge in [0.05, 0.1) is 6.42 Å². The summed E-state index contributed by atoms with van der Waals surface area (Å²) in [5.41, 5.74) is 2.25. The van der Waals surface area contributed by atoms with E-state index in [0.717, 1.165) is 56.3 Å². The van der Waals surface area contributed by atoms with Gasteiger partial charge in [-0.05, 0) is 23.3 Å². The Morgan fingerprint density at radius 3 is 2.50 bits per heavy atom. The second-order valence-corrected chi connectivity index (χ2v) is 9.16. The maximum absolute atomic E-state index is 13.2. The normalized spacial score (nSPS) is 33.3. The van der Waals surface area contributed by atoms with E-state index in [1.807, 2.05) is 18.2 Å². The first-order valence-electron chi connectivity index (χ1n) is 10.9. The number of ether oxygens (including phenoxy) is 2. The molecule has 0 saturated carbocycles. The molecular formula is C24H27N3O3. The smallest absolute Gasteiger partial charge is 0.231 e. The van der Waals surface area contributed by atoms with E-state index in [0.29, 0.717) is 12.3 Å². The Balaban J connectivity index is 1.28. The van der Waals surface area contributed by atoms with Gasteiger partial charge in [-0.1, -0.05) is 36.4 Å². The highest BCUT2D eigenvalue weighted by molar-refractivity contribution is 5.79. The van der Waals surface area contributed by atoms with Crippen molar-refractivity contribution in [1.82, 2.24) is 15.1 Å². The van der Waals surface area contributed by atoms with Crippen LogP contribution >= 0.6 is 0 Å². The molecule has 2 aromatic rings. The van der Waals surface area contributed by atoms with Gasteiger partial charge < -0.3 is 24.6 Å². The Labute approximate surface area is 176 Å². The number of piperidine rings is 2. The fourth-order valence-corrected chi connectivity index (χ4v) is 6.03. The Bertz CT molecular complexity index is 947. The van der Waals surface area contributed by atoms with Crippen LogP contribution in [0.3, 0.4) is 0 Å². The van der Waals surface area contributed by atoms with Crippen LogP contribution in [0.15, 0.2) is 48.5 Å². The van der Waals surface area contributed by atoms with Crippen LogP contribution in [0.25, 0.3) is 0 Å². The summed E-state index contributed by atoms with van der Waals surface area (Å²) in [6, 6.07) is 16.7. The number of carbonyl (C=O) groups is 1. The largest absolute Gasteiger partial charge is 0.454 e. The minimum Gasteiger partial charge on any atom is -0.454 e. The maximum Gasteiger partial charge on any atom is 0.231 e. The highest BCUT2D eigenvalue weighted by atomic mass is 16.7. The lowest BCUT2D eigenvalue weighted by atomic mass is 9.64. The third-order valence-corrected chi connectivity index (χ3v) is 7.26. The number of carbonyl (C=O) groups excluding carboxylic acids is 1. The summed E-state index contributed by atoms with van der Waals surface area (Å²) < 4.78 is 10.9. The maximum atomic E-state index is 13.2. The molecule has 30 heavy (non-hydrogen) atoms. The third kappa shape index (κ3) is 2.97. The number of fused-ring (bicyclic) bond motifs is 2. The average molecular weight is 405 g/mol. The third-order valence-electron chi connectivity index (χ3n) is 7.26. The van der Waals surface area contributed by atoms with Crippen molar-refractivity contribution in [3.63, 3.8) is 0 Å². The number of rotatable bonds is 4. The van der Waals surface area contributed by atoms with E-state index in [1.165, 1.54) is 5.56 Å². The lowest BCUT2D eigenvalue weighted by Gasteiger charge is -2.55.